The highest BCUT2D eigenvalue weighted by Crippen LogP contribution is 2.28. The number of nitrogens with zero attached hydrogens (tertiary/aromatic N) is 1. The molecule has 0 aliphatic carbocycles. The van der Waals surface area contributed by atoms with Crippen LogP contribution in [0.2, 0.25) is 0 Å². The van der Waals surface area contributed by atoms with Crippen LogP contribution < -0.4 is 5.32 Å². The largest absolute Gasteiger partial charge is 0.389 e. The molecule has 3 nitrogen and oxygen atoms in total. The Bertz CT molecular complexity index is 418. The Morgan fingerprint density at radius 3 is 2.60 bits per heavy atom. The van der Waals surface area contributed by atoms with Gasteiger partial charge in [0, 0.05) is 31.6 Å². The minimum absolute atomic E-state index is 0.0810. The molecule has 1 aliphatic rings. The smallest absolute Gasteiger partial charge is 0.0758 e. The molecule has 0 saturated carbocycles. The molecule has 0 amide bonds. The van der Waals surface area contributed by atoms with E-state index in [9.17, 15) is 5.11 Å². The van der Waals surface area contributed by atoms with Gasteiger partial charge >= 0.3 is 0 Å². The van der Waals surface area contributed by atoms with Crippen LogP contribution in [0.3, 0.4) is 0 Å². The highest BCUT2D eigenvalue weighted by atomic mass is 16.3. The third-order valence-electron chi connectivity index (χ3n) is 4.34. The van der Waals surface area contributed by atoms with Gasteiger partial charge in [0.1, 0.15) is 0 Å². The lowest BCUT2D eigenvalue weighted by Crippen LogP contribution is -2.45. The minimum atomic E-state index is -0.518. The lowest BCUT2D eigenvalue weighted by molar-refractivity contribution is 0.0658. The predicted octanol–water partition coefficient (Wildman–Crippen LogP) is 2.01. The van der Waals surface area contributed by atoms with E-state index in [0.717, 1.165) is 39.1 Å². The molecule has 2 unspecified atom stereocenters. The third kappa shape index (κ3) is 3.81. The summed E-state index contributed by atoms with van der Waals surface area (Å²) < 4.78 is 0. The molecule has 112 valence electrons. The fourth-order valence-electron chi connectivity index (χ4n) is 3.16. The van der Waals surface area contributed by atoms with Crippen LogP contribution in [0.15, 0.2) is 30.3 Å². The van der Waals surface area contributed by atoms with Crippen LogP contribution in [0.4, 0.5) is 0 Å². The number of benzene rings is 1. The van der Waals surface area contributed by atoms with Crippen LogP contribution in [0.25, 0.3) is 0 Å². The average Bonchev–Trinajstić information content (AvgIpc) is 2.76. The first-order chi connectivity index (χ1) is 9.45. The van der Waals surface area contributed by atoms with Crippen molar-refractivity contribution in [2.24, 2.45) is 0 Å². The summed E-state index contributed by atoms with van der Waals surface area (Å²) in [4.78, 5) is 2.39. The normalized spacial score (nSPS) is 26.6. The number of β-amino-alcohol motifs (C(OH)–C–C–N with tert-alkyl or cyclic N) is 1. The van der Waals surface area contributed by atoms with Gasteiger partial charge in [0.05, 0.1) is 5.60 Å². The first kappa shape index (κ1) is 15.5. The van der Waals surface area contributed by atoms with Crippen LogP contribution in [0.1, 0.15) is 32.8 Å². The SMILES string of the molecule is CCNCC(C)(CN1CCC(C)(O)C1)c1ccccc1. The predicted molar refractivity (Wildman–Crippen MR) is 84.0 cm³/mol. The Hall–Kier alpha value is -0.900. The molecule has 1 saturated heterocycles. The maximum atomic E-state index is 10.2. The van der Waals surface area contributed by atoms with Gasteiger partial charge in [0.25, 0.3) is 0 Å². The fraction of sp³-hybridized carbons (Fsp3) is 0.647. The van der Waals surface area contributed by atoms with Crippen molar-refractivity contribution in [2.75, 3.05) is 32.7 Å². The molecule has 0 bridgehead atoms. The second kappa shape index (κ2) is 6.25. The second-order valence-corrected chi connectivity index (χ2v) is 6.66. The molecule has 1 aromatic rings. The van der Waals surface area contributed by atoms with Crippen LogP contribution >= 0.6 is 0 Å². The second-order valence-electron chi connectivity index (χ2n) is 6.66. The molecule has 0 radical (unpaired) electrons. The van der Waals surface area contributed by atoms with Crippen molar-refractivity contribution in [2.45, 2.75) is 38.2 Å². The maximum absolute atomic E-state index is 10.2. The number of hydrogen-bond acceptors (Lipinski definition) is 3. The van der Waals surface area contributed by atoms with Crippen LogP contribution in [-0.2, 0) is 5.41 Å². The van der Waals surface area contributed by atoms with Crippen molar-refractivity contribution in [3.63, 3.8) is 0 Å². The molecule has 0 spiro atoms. The summed E-state index contributed by atoms with van der Waals surface area (Å²) in [7, 11) is 0. The maximum Gasteiger partial charge on any atom is 0.0758 e. The molecule has 1 aromatic carbocycles. The Morgan fingerprint density at radius 2 is 2.05 bits per heavy atom. The quantitative estimate of drug-likeness (QED) is 0.834. The number of nitrogens with one attached hydrogen (secondary N) is 1. The van der Waals surface area contributed by atoms with Gasteiger partial charge in [0.2, 0.25) is 0 Å². The van der Waals surface area contributed by atoms with E-state index in [2.05, 4.69) is 54.4 Å². The number of likely N-dealkylation sites (N-methyl/N-ethyl adjacent to an activating group) is 1. The molecular formula is C17H28N2O. The van der Waals surface area contributed by atoms with Gasteiger partial charge < -0.3 is 10.4 Å². The molecule has 1 fully saturated rings. The van der Waals surface area contributed by atoms with Gasteiger partial charge in [-0.25, -0.2) is 0 Å². The van der Waals surface area contributed by atoms with Crippen LogP contribution in [-0.4, -0.2) is 48.3 Å². The lowest BCUT2D eigenvalue weighted by Gasteiger charge is -2.35. The Balaban J connectivity index is 2.11. The summed E-state index contributed by atoms with van der Waals surface area (Å²) in [5, 5.41) is 13.6. The van der Waals surface area contributed by atoms with Crippen molar-refractivity contribution in [3.8, 4) is 0 Å². The van der Waals surface area contributed by atoms with Gasteiger partial charge in [-0.15, -0.1) is 0 Å². The van der Waals surface area contributed by atoms with Crippen molar-refractivity contribution in [1.82, 2.24) is 10.2 Å². The average molecular weight is 276 g/mol. The molecule has 1 aliphatic heterocycles. The summed E-state index contributed by atoms with van der Waals surface area (Å²) in [6, 6.07) is 10.7. The lowest BCUT2D eigenvalue weighted by atomic mass is 9.81. The summed E-state index contributed by atoms with van der Waals surface area (Å²) in [5.41, 5.74) is 0.931. The Kier molecular flexibility index (Phi) is 4.84. The monoisotopic (exact) mass is 276 g/mol. The van der Waals surface area contributed by atoms with Crippen molar-refractivity contribution in [1.29, 1.82) is 0 Å². The molecule has 0 aromatic heterocycles. The van der Waals surface area contributed by atoms with Gasteiger partial charge in [-0.2, -0.15) is 0 Å². The van der Waals surface area contributed by atoms with Gasteiger partial charge in [-0.1, -0.05) is 44.2 Å². The fourth-order valence-corrected chi connectivity index (χ4v) is 3.16. The number of rotatable bonds is 6. The van der Waals surface area contributed by atoms with Gasteiger partial charge in [-0.3, -0.25) is 4.90 Å². The summed E-state index contributed by atoms with van der Waals surface area (Å²) in [6.45, 7) is 11.1. The van der Waals surface area contributed by atoms with Crippen molar-refractivity contribution < 1.29 is 5.11 Å². The van der Waals surface area contributed by atoms with E-state index in [1.807, 2.05) is 6.92 Å². The van der Waals surface area contributed by atoms with Crippen molar-refractivity contribution >= 4 is 0 Å². The zero-order valence-corrected chi connectivity index (χ0v) is 13.0. The first-order valence-corrected chi connectivity index (χ1v) is 7.66. The molecule has 2 rings (SSSR count). The third-order valence-corrected chi connectivity index (χ3v) is 4.34. The standard InChI is InChI=1S/C17H28N2O/c1-4-18-12-16(2,15-8-6-5-7-9-15)13-19-11-10-17(3,20)14-19/h5-9,18,20H,4,10-14H2,1-3H3. The van der Waals surface area contributed by atoms with E-state index in [1.54, 1.807) is 0 Å². The van der Waals surface area contributed by atoms with Gasteiger partial charge in [-0.05, 0) is 25.5 Å². The van der Waals surface area contributed by atoms with Crippen LogP contribution in [0.5, 0.6) is 0 Å². The molecular weight excluding hydrogens is 248 g/mol. The van der Waals surface area contributed by atoms with E-state index in [-0.39, 0.29) is 5.41 Å². The van der Waals surface area contributed by atoms with E-state index in [1.165, 1.54) is 5.56 Å². The molecule has 1 heterocycles. The van der Waals surface area contributed by atoms with Crippen molar-refractivity contribution in [3.05, 3.63) is 35.9 Å². The van der Waals surface area contributed by atoms with E-state index in [0.29, 0.717) is 0 Å². The minimum Gasteiger partial charge on any atom is -0.389 e. The van der Waals surface area contributed by atoms with E-state index >= 15 is 0 Å². The zero-order chi connectivity index (χ0) is 14.6. The molecule has 3 heteroatoms. The van der Waals surface area contributed by atoms with Crippen LogP contribution in [0, 0.1) is 0 Å². The van der Waals surface area contributed by atoms with E-state index < -0.39 is 5.60 Å². The summed E-state index contributed by atoms with van der Waals surface area (Å²) in [6.07, 6.45) is 0.874. The summed E-state index contributed by atoms with van der Waals surface area (Å²) in [5.74, 6) is 0. The Morgan fingerprint density at radius 1 is 1.35 bits per heavy atom. The highest BCUT2D eigenvalue weighted by Gasteiger charge is 2.36. The number of aliphatic hydroxyl groups is 1. The highest BCUT2D eigenvalue weighted by molar-refractivity contribution is 5.26. The number of hydrogen-bond donors (Lipinski definition) is 2. The first-order valence-electron chi connectivity index (χ1n) is 7.66. The molecule has 2 atom stereocenters. The molecule has 20 heavy (non-hydrogen) atoms. The Labute approximate surface area is 123 Å². The topological polar surface area (TPSA) is 35.5 Å². The van der Waals surface area contributed by atoms with Gasteiger partial charge in [0.15, 0.2) is 0 Å². The molecule has 2 N–H and O–H groups in total. The summed E-state index contributed by atoms with van der Waals surface area (Å²) >= 11 is 0. The number of likely N-dealkylation sites (tertiary alicyclic amines) is 1. The van der Waals surface area contributed by atoms with E-state index in [4.69, 9.17) is 0 Å². The zero-order valence-electron chi connectivity index (χ0n) is 13.0.